The molecule has 0 saturated carbocycles. The van der Waals surface area contributed by atoms with Gasteiger partial charge in [0.15, 0.2) is 6.10 Å². The van der Waals surface area contributed by atoms with Crippen molar-refractivity contribution >= 4 is 25.7 Å². The highest BCUT2D eigenvalue weighted by Gasteiger charge is 2.28. The van der Waals surface area contributed by atoms with E-state index in [4.69, 9.17) is 23.3 Å². The van der Waals surface area contributed by atoms with Gasteiger partial charge in [-0.1, -0.05) is 191 Å². The number of aliphatic hydroxyl groups excluding tert-OH is 1. The van der Waals surface area contributed by atoms with E-state index in [1.54, 1.807) is 0 Å². The molecule has 0 aliphatic carbocycles. The third-order valence-corrected chi connectivity index (χ3v) is 12.8. The summed E-state index contributed by atoms with van der Waals surface area (Å²) in [6.07, 6.45) is 56.0. The van der Waals surface area contributed by atoms with Gasteiger partial charge in [0, 0.05) is 19.3 Å². The molecule has 0 heterocycles. The minimum absolute atomic E-state index is 0.153. The van der Waals surface area contributed by atoms with Crippen LogP contribution >= 0.6 is 7.82 Å². The van der Waals surface area contributed by atoms with Crippen LogP contribution in [-0.4, -0.2) is 66.5 Å². The molecule has 0 amide bonds. The van der Waals surface area contributed by atoms with Crippen LogP contribution in [0.3, 0.4) is 0 Å². The molecule has 406 valence electrons. The zero-order valence-corrected chi connectivity index (χ0v) is 45.6. The van der Waals surface area contributed by atoms with E-state index >= 15 is 0 Å². The van der Waals surface area contributed by atoms with Gasteiger partial charge < -0.3 is 24.2 Å². The highest BCUT2D eigenvalue weighted by Crippen LogP contribution is 2.43. The predicted molar refractivity (Wildman–Crippen MR) is 288 cm³/mol. The van der Waals surface area contributed by atoms with E-state index in [0.29, 0.717) is 19.3 Å². The largest absolute Gasteiger partial charge is 0.472 e. The van der Waals surface area contributed by atoms with Crippen molar-refractivity contribution in [3.63, 3.8) is 0 Å². The van der Waals surface area contributed by atoms with Gasteiger partial charge in [0.2, 0.25) is 0 Å². The molecule has 0 aliphatic heterocycles. The first-order valence-electron chi connectivity index (χ1n) is 28.2. The molecule has 0 bridgehead atoms. The highest BCUT2D eigenvalue weighted by atomic mass is 31.2. The molecule has 0 fully saturated rings. The maximum absolute atomic E-state index is 12.9. The zero-order chi connectivity index (χ0) is 51.3. The van der Waals surface area contributed by atoms with Crippen LogP contribution in [0.5, 0.6) is 0 Å². The molecule has 12 heteroatoms. The maximum Gasteiger partial charge on any atom is 0.472 e. The zero-order valence-electron chi connectivity index (χ0n) is 44.7. The smallest absolute Gasteiger partial charge is 0.462 e. The quantitative estimate of drug-likeness (QED) is 0.0197. The molecule has 70 heavy (non-hydrogen) atoms. The van der Waals surface area contributed by atoms with Gasteiger partial charge in [0.05, 0.1) is 19.8 Å². The molecule has 3 atom stereocenters. The van der Waals surface area contributed by atoms with Gasteiger partial charge in [-0.05, 0) is 103 Å². The summed E-state index contributed by atoms with van der Waals surface area (Å²) >= 11 is 0. The lowest BCUT2D eigenvalue weighted by Crippen LogP contribution is -2.30. The number of phosphoric acid groups is 1. The van der Waals surface area contributed by atoms with Crippen LogP contribution in [0.25, 0.3) is 0 Å². The second kappa shape index (κ2) is 52.5. The number of hydrogen-bond acceptors (Lipinski definition) is 10. The number of carbonyl (C=O) groups excluding carboxylic acids is 3. The number of phosphoric ester groups is 1. The summed E-state index contributed by atoms with van der Waals surface area (Å²) in [5.74, 6) is -1.50. The molecule has 0 saturated heterocycles. The fraction of sp³-hybridized carbons (Fsp3) is 0.776. The Balaban J connectivity index is 4.77. The number of unbranched alkanes of at least 4 members (excludes halogenated alkanes) is 25. The minimum atomic E-state index is -4.75. The highest BCUT2D eigenvalue weighted by molar-refractivity contribution is 7.47. The first-order chi connectivity index (χ1) is 34.2. The van der Waals surface area contributed by atoms with Crippen molar-refractivity contribution in [3.8, 4) is 0 Å². The fourth-order valence-electron chi connectivity index (χ4n) is 7.54. The second-order valence-corrected chi connectivity index (χ2v) is 20.2. The number of allylic oxidation sites excluding steroid dienone is 10. The third kappa shape index (κ3) is 50.1. The van der Waals surface area contributed by atoms with Crippen molar-refractivity contribution in [2.24, 2.45) is 0 Å². The van der Waals surface area contributed by atoms with E-state index in [1.165, 1.54) is 64.2 Å². The van der Waals surface area contributed by atoms with Crippen molar-refractivity contribution < 1.29 is 52.2 Å². The molecule has 0 aromatic carbocycles. The first-order valence-corrected chi connectivity index (χ1v) is 29.7. The van der Waals surface area contributed by atoms with E-state index in [-0.39, 0.29) is 25.9 Å². The number of rotatable bonds is 52. The summed E-state index contributed by atoms with van der Waals surface area (Å²) < 4.78 is 39.4. The van der Waals surface area contributed by atoms with E-state index in [9.17, 15) is 28.9 Å². The van der Waals surface area contributed by atoms with Crippen molar-refractivity contribution in [1.29, 1.82) is 0 Å². The van der Waals surface area contributed by atoms with Crippen LogP contribution in [0.4, 0.5) is 0 Å². The number of hydrogen-bond donors (Lipinski definition) is 2. The summed E-state index contributed by atoms with van der Waals surface area (Å²) in [6, 6.07) is 0. The van der Waals surface area contributed by atoms with Crippen LogP contribution in [-0.2, 0) is 42.2 Å². The number of ether oxygens (including phenoxy) is 3. The molecule has 0 aliphatic rings. The van der Waals surface area contributed by atoms with Gasteiger partial charge in [0.25, 0.3) is 0 Å². The fourth-order valence-corrected chi connectivity index (χ4v) is 8.32. The van der Waals surface area contributed by atoms with Gasteiger partial charge in [-0.25, -0.2) is 4.57 Å². The number of carbonyl (C=O) groups is 3. The molecular weight excluding hydrogens is 904 g/mol. The summed E-state index contributed by atoms with van der Waals surface area (Å²) in [5, 5.41) is 9.79. The van der Waals surface area contributed by atoms with Crippen LogP contribution in [0.1, 0.15) is 252 Å². The lowest BCUT2D eigenvalue weighted by molar-refractivity contribution is -0.161. The van der Waals surface area contributed by atoms with Gasteiger partial charge in [-0.15, -0.1) is 0 Å². The molecule has 11 nitrogen and oxygen atoms in total. The maximum atomic E-state index is 12.9. The van der Waals surface area contributed by atoms with Crippen LogP contribution in [0.15, 0.2) is 60.8 Å². The van der Waals surface area contributed by atoms with Gasteiger partial charge in [-0.2, -0.15) is 0 Å². The molecule has 0 aromatic rings. The summed E-state index contributed by atoms with van der Waals surface area (Å²) in [7, 11) is -4.75. The molecular formula is C58H103O11P. The predicted octanol–water partition coefficient (Wildman–Crippen LogP) is 16.4. The van der Waals surface area contributed by atoms with Crippen molar-refractivity contribution in [1.82, 2.24) is 0 Å². The van der Waals surface area contributed by atoms with Gasteiger partial charge in [-0.3, -0.25) is 23.4 Å². The normalized spacial score (nSPS) is 13.8. The first kappa shape index (κ1) is 67.2. The Morgan fingerprint density at radius 2 is 0.729 bits per heavy atom. The minimum Gasteiger partial charge on any atom is -0.462 e. The average molecular weight is 1010 g/mol. The molecule has 0 aromatic heterocycles. The second-order valence-electron chi connectivity index (χ2n) is 18.7. The van der Waals surface area contributed by atoms with Gasteiger partial charge in [0.1, 0.15) is 12.7 Å². The lowest BCUT2D eigenvalue weighted by Gasteiger charge is -2.21. The van der Waals surface area contributed by atoms with Gasteiger partial charge >= 0.3 is 25.7 Å². The van der Waals surface area contributed by atoms with E-state index in [2.05, 4.69) is 81.5 Å². The standard InChI is InChI=1S/C58H103O11P/c1-4-7-10-13-16-19-22-25-27-30-32-35-38-41-44-47-56(60)65-51-55(69-58(62)49-46-43-40-37-34-31-28-26-23-20-17-14-11-8-5-2)53-67-70(63,64)66-52-54(50-59)68-57(61)48-45-42-39-36-33-29-24-21-18-15-12-9-6-3/h12,15-16,19,21,24-28,54-55,59H,4-11,13-14,17-18,20,22-23,29-53H2,1-3H3,(H,63,64)/b15-12-,19-16-,24-21-,27-25-,28-26-. The van der Waals surface area contributed by atoms with Crippen molar-refractivity contribution in [3.05, 3.63) is 60.8 Å². The molecule has 0 rings (SSSR count). The SMILES string of the molecule is CCC/C=C\C/C=C\CCCCCCCC(=O)OC(CO)COP(=O)(O)OCC(COC(=O)CCCCCCC/C=C\C/C=C\CCCCC)OC(=O)CCCCCCC/C=C\CCCCCCCC. The summed E-state index contributed by atoms with van der Waals surface area (Å²) in [6.45, 7) is 4.51. The van der Waals surface area contributed by atoms with Crippen LogP contribution in [0, 0.1) is 0 Å². The Kier molecular flexibility index (Phi) is 50.4. The topological polar surface area (TPSA) is 155 Å². The third-order valence-electron chi connectivity index (χ3n) is 11.9. The Morgan fingerprint density at radius 3 is 1.16 bits per heavy atom. The van der Waals surface area contributed by atoms with E-state index in [1.807, 2.05) is 0 Å². The van der Waals surface area contributed by atoms with Crippen molar-refractivity contribution in [2.45, 2.75) is 264 Å². The number of aliphatic hydroxyl groups is 1. The summed E-state index contributed by atoms with van der Waals surface area (Å²) in [5.41, 5.74) is 0. The van der Waals surface area contributed by atoms with Crippen molar-refractivity contribution in [2.75, 3.05) is 26.4 Å². The average Bonchev–Trinajstić information content (AvgIpc) is 3.35. The van der Waals surface area contributed by atoms with E-state index < -0.39 is 57.8 Å². The Morgan fingerprint density at radius 1 is 0.400 bits per heavy atom. The molecule has 0 spiro atoms. The van der Waals surface area contributed by atoms with Crippen LogP contribution in [0.2, 0.25) is 0 Å². The lowest BCUT2D eigenvalue weighted by atomic mass is 10.1. The monoisotopic (exact) mass is 1010 g/mol. The Labute approximate surface area is 427 Å². The molecule has 2 N–H and O–H groups in total. The Hall–Kier alpha value is -2.82. The molecule has 3 unspecified atom stereocenters. The number of esters is 3. The van der Waals surface area contributed by atoms with E-state index in [0.717, 1.165) is 128 Å². The van der Waals surface area contributed by atoms with Crippen LogP contribution < -0.4 is 0 Å². The molecule has 0 radical (unpaired) electrons. The summed E-state index contributed by atoms with van der Waals surface area (Å²) in [4.78, 5) is 48.4. The Bertz CT molecular complexity index is 1410.